The number of methoxy groups -OCH3 is 1. The second-order valence-corrected chi connectivity index (χ2v) is 5.24. The molecule has 0 fully saturated rings. The largest absolute Gasteiger partial charge is 0.497 e. The molecule has 0 saturated carbocycles. The highest BCUT2D eigenvalue weighted by molar-refractivity contribution is 6.01. The lowest BCUT2D eigenvalue weighted by Crippen LogP contribution is -2.39. The first-order chi connectivity index (χ1) is 9.60. The molecule has 2 N–H and O–H groups in total. The van der Waals surface area contributed by atoms with Gasteiger partial charge in [-0.3, -0.25) is 0 Å². The third-order valence-corrected chi connectivity index (χ3v) is 3.28. The number of hydrogen-bond donors (Lipinski definition) is 2. The zero-order valence-corrected chi connectivity index (χ0v) is 12.2. The maximum absolute atomic E-state index is 10.1. The van der Waals surface area contributed by atoms with E-state index < -0.39 is 6.10 Å². The van der Waals surface area contributed by atoms with Gasteiger partial charge in [0.05, 0.1) is 12.8 Å². The van der Waals surface area contributed by atoms with Gasteiger partial charge in [0.2, 0.25) is 0 Å². The standard InChI is InChI=1S/C15H22N2O3/c1-10(2)16-9-14(18)15-8-13(17-20-15)11-4-6-12(19-3)7-5-11/h4-7,10,14-16,18H,8-9H2,1-3H3. The van der Waals surface area contributed by atoms with Crippen molar-refractivity contribution in [2.75, 3.05) is 13.7 Å². The molecule has 1 aliphatic heterocycles. The summed E-state index contributed by atoms with van der Waals surface area (Å²) in [5.41, 5.74) is 1.86. The zero-order chi connectivity index (χ0) is 14.5. The van der Waals surface area contributed by atoms with Crippen molar-refractivity contribution in [1.82, 2.24) is 5.32 Å². The minimum Gasteiger partial charge on any atom is -0.497 e. The smallest absolute Gasteiger partial charge is 0.160 e. The van der Waals surface area contributed by atoms with Gasteiger partial charge in [0.1, 0.15) is 11.9 Å². The molecule has 0 amide bonds. The molecule has 0 aromatic heterocycles. The fourth-order valence-electron chi connectivity index (χ4n) is 2.04. The minimum atomic E-state index is -0.558. The summed E-state index contributed by atoms with van der Waals surface area (Å²) in [6.07, 6.45) is -0.219. The Kier molecular flexibility index (Phi) is 4.98. The minimum absolute atomic E-state index is 0.279. The summed E-state index contributed by atoms with van der Waals surface area (Å²) >= 11 is 0. The number of oxime groups is 1. The van der Waals surface area contributed by atoms with Crippen LogP contribution in [0.1, 0.15) is 25.8 Å². The molecule has 1 aliphatic rings. The summed E-state index contributed by atoms with van der Waals surface area (Å²) in [4.78, 5) is 5.34. The fraction of sp³-hybridized carbons (Fsp3) is 0.533. The van der Waals surface area contributed by atoms with E-state index in [-0.39, 0.29) is 6.10 Å². The Balaban J connectivity index is 1.90. The van der Waals surface area contributed by atoms with Gasteiger partial charge in [-0.15, -0.1) is 0 Å². The Morgan fingerprint density at radius 2 is 2.10 bits per heavy atom. The van der Waals surface area contributed by atoms with Crippen LogP contribution in [-0.2, 0) is 4.84 Å². The van der Waals surface area contributed by atoms with E-state index in [4.69, 9.17) is 9.57 Å². The van der Waals surface area contributed by atoms with Crippen molar-refractivity contribution < 1.29 is 14.7 Å². The number of nitrogens with zero attached hydrogens (tertiary/aromatic N) is 1. The van der Waals surface area contributed by atoms with Gasteiger partial charge in [0.25, 0.3) is 0 Å². The number of rotatable bonds is 6. The SMILES string of the molecule is COc1ccc(C2=NOC(C(O)CNC(C)C)C2)cc1. The van der Waals surface area contributed by atoms with Crippen molar-refractivity contribution >= 4 is 5.71 Å². The Bertz CT molecular complexity index is 457. The molecule has 20 heavy (non-hydrogen) atoms. The molecule has 0 saturated heterocycles. The van der Waals surface area contributed by atoms with E-state index in [1.54, 1.807) is 7.11 Å². The maximum Gasteiger partial charge on any atom is 0.160 e. The Hall–Kier alpha value is -1.59. The maximum atomic E-state index is 10.1. The van der Waals surface area contributed by atoms with Crippen molar-refractivity contribution in [2.45, 2.75) is 38.5 Å². The van der Waals surface area contributed by atoms with Crippen molar-refractivity contribution in [3.05, 3.63) is 29.8 Å². The van der Waals surface area contributed by atoms with Crippen molar-refractivity contribution in [3.63, 3.8) is 0 Å². The third kappa shape index (κ3) is 3.71. The second-order valence-electron chi connectivity index (χ2n) is 5.24. The normalized spacial score (nSPS) is 19.6. The number of hydrogen-bond acceptors (Lipinski definition) is 5. The highest BCUT2D eigenvalue weighted by atomic mass is 16.7. The van der Waals surface area contributed by atoms with Crippen LogP contribution in [0.4, 0.5) is 0 Å². The summed E-state index contributed by atoms with van der Waals surface area (Å²) in [5, 5.41) is 17.3. The van der Waals surface area contributed by atoms with E-state index in [2.05, 4.69) is 10.5 Å². The summed E-state index contributed by atoms with van der Waals surface area (Å²) in [6, 6.07) is 8.02. The van der Waals surface area contributed by atoms with Gasteiger partial charge in [-0.1, -0.05) is 19.0 Å². The average molecular weight is 278 g/mol. The number of aliphatic hydroxyl groups excluding tert-OH is 1. The van der Waals surface area contributed by atoms with Crippen LogP contribution in [0.5, 0.6) is 5.75 Å². The van der Waals surface area contributed by atoms with Gasteiger partial charge in [-0.05, 0) is 29.8 Å². The number of ether oxygens (including phenoxy) is 1. The van der Waals surface area contributed by atoms with Gasteiger partial charge < -0.3 is 20.0 Å². The van der Waals surface area contributed by atoms with Gasteiger partial charge in [-0.25, -0.2) is 0 Å². The molecular formula is C15H22N2O3. The summed E-state index contributed by atoms with van der Waals surface area (Å²) < 4.78 is 5.13. The second kappa shape index (κ2) is 6.72. The lowest BCUT2D eigenvalue weighted by atomic mass is 10.0. The predicted octanol–water partition coefficient (Wildman–Crippen LogP) is 1.55. The zero-order valence-electron chi connectivity index (χ0n) is 12.2. The molecule has 110 valence electrons. The summed E-state index contributed by atoms with van der Waals surface area (Å²) in [5.74, 6) is 0.811. The number of aliphatic hydroxyl groups is 1. The molecule has 2 rings (SSSR count). The third-order valence-electron chi connectivity index (χ3n) is 3.28. The monoisotopic (exact) mass is 278 g/mol. The van der Waals surface area contributed by atoms with Crippen LogP contribution >= 0.6 is 0 Å². The topological polar surface area (TPSA) is 63.1 Å². The van der Waals surface area contributed by atoms with Gasteiger partial charge >= 0.3 is 0 Å². The lowest BCUT2D eigenvalue weighted by Gasteiger charge is -2.18. The Labute approximate surface area is 119 Å². The van der Waals surface area contributed by atoms with Gasteiger partial charge in [-0.2, -0.15) is 0 Å². The first-order valence-electron chi connectivity index (χ1n) is 6.88. The molecule has 0 spiro atoms. The van der Waals surface area contributed by atoms with E-state index in [9.17, 15) is 5.11 Å². The Morgan fingerprint density at radius 3 is 2.70 bits per heavy atom. The molecule has 2 unspecified atom stereocenters. The molecule has 5 heteroatoms. The van der Waals surface area contributed by atoms with E-state index in [0.29, 0.717) is 19.0 Å². The van der Waals surface area contributed by atoms with Crippen LogP contribution in [0.15, 0.2) is 29.4 Å². The first-order valence-corrected chi connectivity index (χ1v) is 6.88. The molecule has 0 aliphatic carbocycles. The molecule has 0 bridgehead atoms. The quantitative estimate of drug-likeness (QED) is 0.828. The molecule has 2 atom stereocenters. The fourth-order valence-corrected chi connectivity index (χ4v) is 2.04. The Morgan fingerprint density at radius 1 is 1.40 bits per heavy atom. The van der Waals surface area contributed by atoms with E-state index >= 15 is 0 Å². The first kappa shape index (κ1) is 14.8. The van der Waals surface area contributed by atoms with Crippen molar-refractivity contribution in [3.8, 4) is 5.75 Å². The van der Waals surface area contributed by atoms with Crippen LogP contribution < -0.4 is 10.1 Å². The van der Waals surface area contributed by atoms with Gasteiger partial charge in [0.15, 0.2) is 6.10 Å². The van der Waals surface area contributed by atoms with Crippen LogP contribution in [0.3, 0.4) is 0 Å². The highest BCUT2D eigenvalue weighted by Crippen LogP contribution is 2.21. The van der Waals surface area contributed by atoms with Crippen LogP contribution in [0.25, 0.3) is 0 Å². The van der Waals surface area contributed by atoms with Crippen LogP contribution in [0, 0.1) is 0 Å². The van der Waals surface area contributed by atoms with Gasteiger partial charge in [0, 0.05) is 19.0 Å². The summed E-state index contributed by atoms with van der Waals surface area (Å²) in [7, 11) is 1.64. The van der Waals surface area contributed by atoms with Crippen molar-refractivity contribution in [2.24, 2.45) is 5.16 Å². The predicted molar refractivity (Wildman–Crippen MR) is 78.2 cm³/mol. The number of benzene rings is 1. The molecule has 5 nitrogen and oxygen atoms in total. The average Bonchev–Trinajstić information content (AvgIpc) is 2.94. The van der Waals surface area contributed by atoms with E-state index in [1.165, 1.54) is 0 Å². The van der Waals surface area contributed by atoms with Crippen LogP contribution in [-0.4, -0.2) is 42.7 Å². The molecule has 0 radical (unpaired) electrons. The van der Waals surface area contributed by atoms with Crippen LogP contribution in [0.2, 0.25) is 0 Å². The molecule has 1 aromatic carbocycles. The van der Waals surface area contributed by atoms with E-state index in [1.807, 2.05) is 38.1 Å². The van der Waals surface area contributed by atoms with Crippen molar-refractivity contribution in [1.29, 1.82) is 0 Å². The highest BCUT2D eigenvalue weighted by Gasteiger charge is 2.28. The number of nitrogens with one attached hydrogen (secondary N) is 1. The molecule has 1 heterocycles. The molecular weight excluding hydrogens is 256 g/mol. The van der Waals surface area contributed by atoms with E-state index in [0.717, 1.165) is 17.0 Å². The lowest BCUT2D eigenvalue weighted by molar-refractivity contribution is -0.0166. The molecule has 1 aromatic rings. The summed E-state index contributed by atoms with van der Waals surface area (Å²) in [6.45, 7) is 4.59.